The van der Waals surface area contributed by atoms with Crippen molar-refractivity contribution in [1.82, 2.24) is 0 Å². The Balaban J connectivity index is 2.12. The third-order valence-corrected chi connectivity index (χ3v) is 3.74. The van der Waals surface area contributed by atoms with Crippen LogP contribution in [0.25, 0.3) is 0 Å². The molecule has 1 aromatic rings. The molecule has 1 amide bonds. The second-order valence-electron chi connectivity index (χ2n) is 5.07. The Bertz CT molecular complexity index is 444. The van der Waals surface area contributed by atoms with Gasteiger partial charge < -0.3 is 4.90 Å². The Kier molecular flexibility index (Phi) is 4.97. The van der Waals surface area contributed by atoms with Crippen LogP contribution in [0.15, 0.2) is 30.3 Å². The van der Waals surface area contributed by atoms with E-state index in [9.17, 15) is 4.79 Å². The highest BCUT2D eigenvalue weighted by molar-refractivity contribution is 5.95. The number of anilines is 1. The summed E-state index contributed by atoms with van der Waals surface area (Å²) >= 11 is 0. The molecule has 3 heteroatoms. The zero-order valence-corrected chi connectivity index (χ0v) is 11.2. The minimum atomic E-state index is 0.146. The van der Waals surface area contributed by atoms with Crippen molar-refractivity contribution in [2.45, 2.75) is 38.5 Å². The van der Waals surface area contributed by atoms with Gasteiger partial charge in [0.05, 0.1) is 12.5 Å². The summed E-state index contributed by atoms with van der Waals surface area (Å²) in [5, 5.41) is 8.77. The highest BCUT2D eigenvalue weighted by Gasteiger charge is 2.26. The van der Waals surface area contributed by atoms with Crippen LogP contribution in [-0.4, -0.2) is 12.5 Å². The number of carbonyl (C=O) groups excluding carboxylic acids is 1. The normalized spacial score (nSPS) is 15.7. The van der Waals surface area contributed by atoms with Crippen LogP contribution < -0.4 is 4.90 Å². The van der Waals surface area contributed by atoms with Crippen molar-refractivity contribution in [3.63, 3.8) is 0 Å². The number of amides is 1. The predicted octanol–water partition coefficient (Wildman–Crippen LogP) is 3.51. The summed E-state index contributed by atoms with van der Waals surface area (Å²) in [7, 11) is 0. The van der Waals surface area contributed by atoms with Crippen LogP contribution in [0.4, 0.5) is 5.69 Å². The molecular weight excluding hydrogens is 236 g/mol. The fourth-order valence-corrected chi connectivity index (χ4v) is 2.71. The monoisotopic (exact) mass is 256 g/mol. The molecule has 19 heavy (non-hydrogen) atoms. The Hall–Kier alpha value is -1.82. The summed E-state index contributed by atoms with van der Waals surface area (Å²) in [6.45, 7) is 0.496. The standard InChI is InChI=1S/C16H20N2O/c17-12-7-13-18(15-10-5-2-6-11-15)16(19)14-8-3-1-4-9-14/h2,5-6,10-11,14H,1,3-4,7-9,13H2. The maximum atomic E-state index is 12.6. The van der Waals surface area contributed by atoms with E-state index in [1.54, 1.807) is 4.90 Å². The molecule has 2 rings (SSSR count). The van der Waals surface area contributed by atoms with Crippen molar-refractivity contribution in [2.75, 3.05) is 11.4 Å². The van der Waals surface area contributed by atoms with Gasteiger partial charge in [-0.3, -0.25) is 4.79 Å². The van der Waals surface area contributed by atoms with Gasteiger partial charge >= 0.3 is 0 Å². The molecular formula is C16H20N2O. The van der Waals surface area contributed by atoms with Gasteiger partial charge in [0.2, 0.25) is 5.91 Å². The highest BCUT2D eigenvalue weighted by atomic mass is 16.2. The molecule has 0 unspecified atom stereocenters. The highest BCUT2D eigenvalue weighted by Crippen LogP contribution is 2.27. The summed E-state index contributed by atoms with van der Waals surface area (Å²) in [4.78, 5) is 14.4. The van der Waals surface area contributed by atoms with Crippen molar-refractivity contribution in [1.29, 1.82) is 5.26 Å². The van der Waals surface area contributed by atoms with Gasteiger partial charge in [-0.15, -0.1) is 0 Å². The van der Waals surface area contributed by atoms with Gasteiger partial charge in [0.15, 0.2) is 0 Å². The SMILES string of the molecule is N#CCCN(C(=O)C1CCCCC1)c1ccccc1. The van der Waals surface area contributed by atoms with Gasteiger partial charge in [-0.25, -0.2) is 0 Å². The number of para-hydroxylation sites is 1. The van der Waals surface area contributed by atoms with E-state index < -0.39 is 0 Å². The van der Waals surface area contributed by atoms with Crippen LogP contribution in [0.3, 0.4) is 0 Å². The van der Waals surface area contributed by atoms with Crippen molar-refractivity contribution in [3.05, 3.63) is 30.3 Å². The minimum absolute atomic E-state index is 0.146. The number of rotatable bonds is 4. The summed E-state index contributed by atoms with van der Waals surface area (Å²) in [6, 6.07) is 11.8. The first-order valence-electron chi connectivity index (χ1n) is 7.06. The lowest BCUT2D eigenvalue weighted by Crippen LogP contribution is -2.37. The van der Waals surface area contributed by atoms with Crippen LogP contribution in [0.5, 0.6) is 0 Å². The van der Waals surface area contributed by atoms with Gasteiger partial charge in [0.25, 0.3) is 0 Å². The predicted molar refractivity (Wildman–Crippen MR) is 75.6 cm³/mol. The molecule has 0 bridgehead atoms. The topological polar surface area (TPSA) is 44.1 Å². The van der Waals surface area contributed by atoms with Crippen LogP contribution in [-0.2, 0) is 4.79 Å². The Morgan fingerprint density at radius 2 is 1.89 bits per heavy atom. The maximum Gasteiger partial charge on any atom is 0.230 e. The summed E-state index contributed by atoms with van der Waals surface area (Å²) in [5.41, 5.74) is 0.910. The van der Waals surface area contributed by atoms with Crippen LogP contribution >= 0.6 is 0 Å². The molecule has 0 spiro atoms. The third kappa shape index (κ3) is 3.57. The third-order valence-electron chi connectivity index (χ3n) is 3.74. The van der Waals surface area contributed by atoms with E-state index in [1.807, 2.05) is 30.3 Å². The number of nitriles is 1. The molecule has 0 aliphatic heterocycles. The minimum Gasteiger partial charge on any atom is -0.311 e. The number of hydrogen-bond acceptors (Lipinski definition) is 2. The molecule has 1 fully saturated rings. The molecule has 0 saturated heterocycles. The van der Waals surface area contributed by atoms with E-state index in [-0.39, 0.29) is 11.8 Å². The summed E-state index contributed by atoms with van der Waals surface area (Å²) in [6.07, 6.45) is 5.92. The van der Waals surface area contributed by atoms with Gasteiger partial charge in [0.1, 0.15) is 0 Å². The molecule has 1 aromatic carbocycles. The van der Waals surface area contributed by atoms with Crippen molar-refractivity contribution in [2.24, 2.45) is 5.92 Å². The fraction of sp³-hybridized carbons (Fsp3) is 0.500. The molecule has 1 aliphatic rings. The van der Waals surface area contributed by atoms with Crippen LogP contribution in [0.2, 0.25) is 0 Å². The zero-order chi connectivity index (χ0) is 13.5. The molecule has 0 atom stereocenters. The molecule has 0 heterocycles. The average Bonchev–Trinajstić information content (AvgIpc) is 2.49. The number of benzene rings is 1. The second-order valence-corrected chi connectivity index (χ2v) is 5.07. The number of hydrogen-bond donors (Lipinski definition) is 0. The zero-order valence-electron chi connectivity index (χ0n) is 11.2. The van der Waals surface area contributed by atoms with Crippen molar-refractivity contribution >= 4 is 11.6 Å². The molecule has 1 saturated carbocycles. The lowest BCUT2D eigenvalue weighted by atomic mass is 9.88. The van der Waals surface area contributed by atoms with E-state index in [0.717, 1.165) is 31.4 Å². The Labute approximate surface area is 114 Å². The van der Waals surface area contributed by atoms with Gasteiger partial charge in [-0.2, -0.15) is 5.26 Å². The summed E-state index contributed by atoms with van der Waals surface area (Å²) < 4.78 is 0. The largest absolute Gasteiger partial charge is 0.311 e. The van der Waals surface area contributed by atoms with E-state index in [1.165, 1.54) is 6.42 Å². The molecule has 0 N–H and O–H groups in total. The Morgan fingerprint density at radius 1 is 1.21 bits per heavy atom. The molecule has 0 aromatic heterocycles. The molecule has 100 valence electrons. The van der Waals surface area contributed by atoms with Gasteiger partial charge in [-0.05, 0) is 25.0 Å². The Morgan fingerprint density at radius 3 is 2.53 bits per heavy atom. The van der Waals surface area contributed by atoms with E-state index in [4.69, 9.17) is 5.26 Å². The fourth-order valence-electron chi connectivity index (χ4n) is 2.71. The first-order chi connectivity index (χ1) is 9.33. The molecule has 0 radical (unpaired) electrons. The first kappa shape index (κ1) is 13.6. The van der Waals surface area contributed by atoms with Gasteiger partial charge in [-0.1, -0.05) is 37.5 Å². The first-order valence-corrected chi connectivity index (χ1v) is 7.06. The van der Waals surface area contributed by atoms with Crippen LogP contribution in [0.1, 0.15) is 38.5 Å². The van der Waals surface area contributed by atoms with E-state index >= 15 is 0 Å². The van der Waals surface area contributed by atoms with Crippen molar-refractivity contribution in [3.8, 4) is 6.07 Å². The maximum absolute atomic E-state index is 12.6. The van der Waals surface area contributed by atoms with E-state index in [2.05, 4.69) is 6.07 Å². The number of carbonyl (C=O) groups is 1. The quantitative estimate of drug-likeness (QED) is 0.827. The molecule has 1 aliphatic carbocycles. The molecule has 3 nitrogen and oxygen atoms in total. The van der Waals surface area contributed by atoms with E-state index in [0.29, 0.717) is 13.0 Å². The lowest BCUT2D eigenvalue weighted by Gasteiger charge is -2.29. The second kappa shape index (κ2) is 6.94. The lowest BCUT2D eigenvalue weighted by molar-refractivity contribution is -0.123. The van der Waals surface area contributed by atoms with Crippen molar-refractivity contribution < 1.29 is 4.79 Å². The van der Waals surface area contributed by atoms with Gasteiger partial charge in [0, 0.05) is 18.2 Å². The number of nitrogens with zero attached hydrogens (tertiary/aromatic N) is 2. The smallest absolute Gasteiger partial charge is 0.230 e. The summed E-state index contributed by atoms with van der Waals surface area (Å²) in [5.74, 6) is 0.341. The average molecular weight is 256 g/mol. The van der Waals surface area contributed by atoms with Crippen LogP contribution in [0, 0.1) is 17.2 Å².